The van der Waals surface area contributed by atoms with Crippen molar-refractivity contribution in [3.8, 4) is 0 Å². The molecule has 0 aromatic carbocycles. The number of carbonyl (C=O) groups excluding carboxylic acids is 2. The first-order chi connectivity index (χ1) is 44.0. The maximum Gasteiger partial charge on any atom is 0.305 e. The third kappa shape index (κ3) is 75.0. The van der Waals surface area contributed by atoms with Crippen molar-refractivity contribution in [2.45, 2.75) is 469 Å². The van der Waals surface area contributed by atoms with E-state index in [2.05, 4.69) is 43.5 Å². The van der Waals surface area contributed by atoms with Gasteiger partial charge in [0.15, 0.2) is 0 Å². The average Bonchev–Trinajstić information content (AvgIpc) is 3.64. The second-order valence-electron chi connectivity index (χ2n) is 28.1. The number of aliphatic hydroxyl groups is 2. The maximum atomic E-state index is 12.6. The second-order valence-corrected chi connectivity index (χ2v) is 28.1. The van der Waals surface area contributed by atoms with Crippen molar-refractivity contribution >= 4 is 11.9 Å². The van der Waals surface area contributed by atoms with Crippen molar-refractivity contribution in [1.82, 2.24) is 5.32 Å². The number of hydrogen-bond donors (Lipinski definition) is 3. The lowest BCUT2D eigenvalue weighted by Gasteiger charge is -2.20. The van der Waals surface area contributed by atoms with Gasteiger partial charge in [-0.3, -0.25) is 9.59 Å². The van der Waals surface area contributed by atoms with E-state index in [-0.39, 0.29) is 18.5 Å². The Bertz CT molecular complexity index is 1440. The Hall–Kier alpha value is -1.92. The third-order valence-corrected chi connectivity index (χ3v) is 19.2. The monoisotopic (exact) mass is 1250 g/mol. The van der Waals surface area contributed by atoms with E-state index in [1.165, 1.54) is 379 Å². The van der Waals surface area contributed by atoms with Crippen LogP contribution in [0.5, 0.6) is 0 Å². The molecular formula is C83H159NO5. The fraction of sp³-hybridized carbons (Fsp3) is 0.904. The largest absolute Gasteiger partial charge is 0.466 e. The Kier molecular flexibility index (Phi) is 76.8. The van der Waals surface area contributed by atoms with E-state index in [0.29, 0.717) is 19.4 Å². The summed E-state index contributed by atoms with van der Waals surface area (Å²) in [5, 5.41) is 23.3. The zero-order valence-corrected chi connectivity index (χ0v) is 60.4. The van der Waals surface area contributed by atoms with Crippen LogP contribution in [0.4, 0.5) is 0 Å². The Morgan fingerprint density at radius 1 is 0.315 bits per heavy atom. The quantitative estimate of drug-likeness (QED) is 0.0320. The summed E-state index contributed by atoms with van der Waals surface area (Å²) in [6, 6.07) is -0.627. The molecule has 6 nitrogen and oxygen atoms in total. The highest BCUT2D eigenvalue weighted by Gasteiger charge is 2.18. The summed E-state index contributed by atoms with van der Waals surface area (Å²) in [4.78, 5) is 24.7. The predicted molar refractivity (Wildman–Crippen MR) is 393 cm³/mol. The molecule has 2 unspecified atom stereocenters. The van der Waals surface area contributed by atoms with E-state index in [9.17, 15) is 19.8 Å². The van der Waals surface area contributed by atoms with Crippen LogP contribution in [0.15, 0.2) is 36.5 Å². The number of nitrogens with one attached hydrogen (secondary N) is 1. The van der Waals surface area contributed by atoms with Crippen molar-refractivity contribution in [3.05, 3.63) is 36.5 Å². The van der Waals surface area contributed by atoms with Crippen LogP contribution >= 0.6 is 0 Å². The number of ether oxygens (including phenoxy) is 1. The number of rotatable bonds is 77. The molecule has 89 heavy (non-hydrogen) atoms. The van der Waals surface area contributed by atoms with Gasteiger partial charge in [0.2, 0.25) is 5.91 Å². The lowest BCUT2D eigenvalue weighted by atomic mass is 10.0. The number of amides is 1. The summed E-state index contributed by atoms with van der Waals surface area (Å²) < 4.78 is 5.50. The van der Waals surface area contributed by atoms with E-state index in [0.717, 1.165) is 51.4 Å². The van der Waals surface area contributed by atoms with Crippen molar-refractivity contribution in [2.24, 2.45) is 0 Å². The Labute approximate surface area is 557 Å². The summed E-state index contributed by atoms with van der Waals surface area (Å²) in [5.74, 6) is -0.0508. The van der Waals surface area contributed by atoms with Crippen LogP contribution in [0.25, 0.3) is 0 Å². The molecule has 0 aliphatic rings. The average molecular weight is 1250 g/mol. The number of hydrogen-bond acceptors (Lipinski definition) is 5. The van der Waals surface area contributed by atoms with Crippen LogP contribution < -0.4 is 5.32 Å². The molecule has 2 atom stereocenters. The van der Waals surface area contributed by atoms with Crippen LogP contribution in [0.3, 0.4) is 0 Å². The van der Waals surface area contributed by atoms with Crippen molar-refractivity contribution in [2.75, 3.05) is 13.2 Å². The summed E-state index contributed by atoms with van der Waals surface area (Å²) in [5.41, 5.74) is 0. The maximum absolute atomic E-state index is 12.6. The van der Waals surface area contributed by atoms with Gasteiger partial charge in [-0.05, 0) is 64.2 Å². The van der Waals surface area contributed by atoms with Crippen LogP contribution in [0, 0.1) is 0 Å². The molecule has 0 aliphatic carbocycles. The minimum Gasteiger partial charge on any atom is -0.466 e. The lowest BCUT2D eigenvalue weighted by molar-refractivity contribution is -0.143. The molecule has 0 rings (SSSR count). The molecular weight excluding hydrogens is 1090 g/mol. The van der Waals surface area contributed by atoms with Gasteiger partial charge in [0, 0.05) is 12.8 Å². The number of allylic oxidation sites excluding steroid dienone is 5. The first-order valence-corrected chi connectivity index (χ1v) is 40.8. The molecule has 0 aromatic heterocycles. The van der Waals surface area contributed by atoms with E-state index in [4.69, 9.17) is 4.74 Å². The summed E-state index contributed by atoms with van der Waals surface area (Å²) >= 11 is 0. The fourth-order valence-corrected chi connectivity index (χ4v) is 13.0. The third-order valence-electron chi connectivity index (χ3n) is 19.2. The van der Waals surface area contributed by atoms with E-state index in [1.807, 2.05) is 6.08 Å². The first kappa shape index (κ1) is 87.1. The van der Waals surface area contributed by atoms with Crippen LogP contribution in [0.2, 0.25) is 0 Å². The molecule has 0 aliphatic heterocycles. The highest BCUT2D eigenvalue weighted by Crippen LogP contribution is 2.20. The van der Waals surface area contributed by atoms with E-state index in [1.54, 1.807) is 6.08 Å². The van der Waals surface area contributed by atoms with Gasteiger partial charge < -0.3 is 20.3 Å². The van der Waals surface area contributed by atoms with Gasteiger partial charge in [0.1, 0.15) is 0 Å². The predicted octanol–water partition coefficient (Wildman–Crippen LogP) is 27.0. The number of esters is 1. The Morgan fingerprint density at radius 2 is 0.562 bits per heavy atom. The van der Waals surface area contributed by atoms with Crippen LogP contribution in [-0.4, -0.2) is 47.4 Å². The molecule has 0 heterocycles. The Balaban J connectivity index is 3.36. The van der Waals surface area contributed by atoms with Crippen molar-refractivity contribution in [1.29, 1.82) is 0 Å². The molecule has 0 aromatic rings. The highest BCUT2D eigenvalue weighted by molar-refractivity contribution is 5.76. The van der Waals surface area contributed by atoms with Gasteiger partial charge in [-0.25, -0.2) is 0 Å². The van der Waals surface area contributed by atoms with Crippen LogP contribution in [-0.2, 0) is 14.3 Å². The highest BCUT2D eigenvalue weighted by atomic mass is 16.5. The number of unbranched alkanes of at least 4 members (excludes halogenated alkanes) is 62. The minimum atomic E-state index is -0.843. The topological polar surface area (TPSA) is 95.9 Å². The molecule has 0 saturated carbocycles. The lowest BCUT2D eigenvalue weighted by Crippen LogP contribution is -2.45. The molecule has 6 heteroatoms. The fourth-order valence-electron chi connectivity index (χ4n) is 13.0. The molecule has 1 amide bonds. The summed E-state index contributed by atoms with van der Waals surface area (Å²) in [6.07, 6.45) is 103. The van der Waals surface area contributed by atoms with Gasteiger partial charge in [-0.15, -0.1) is 0 Å². The summed E-state index contributed by atoms with van der Waals surface area (Å²) in [6.45, 7) is 4.93. The minimum absolute atomic E-state index is 0.00771. The number of carbonyl (C=O) groups is 2. The van der Waals surface area contributed by atoms with Gasteiger partial charge >= 0.3 is 5.97 Å². The normalized spacial score (nSPS) is 12.6. The molecule has 0 radical (unpaired) electrons. The summed E-state index contributed by atoms with van der Waals surface area (Å²) in [7, 11) is 0. The second kappa shape index (κ2) is 78.5. The Morgan fingerprint density at radius 3 is 0.865 bits per heavy atom. The van der Waals surface area contributed by atoms with E-state index < -0.39 is 12.1 Å². The van der Waals surface area contributed by atoms with Crippen LogP contribution in [0.1, 0.15) is 457 Å². The van der Waals surface area contributed by atoms with Gasteiger partial charge in [-0.1, -0.05) is 416 Å². The SMILES string of the molecule is CCCCCC/C=C\C/C=C\CCCCCCCC(=O)OCCCCCCCCCCCCCCCCCCCCCCCCCCCCCCCCCC(=O)NC(CO)C(O)/C=C/CCCCCCCCCCCCCCCCCCCCCCCCC. The molecule has 0 spiro atoms. The zero-order chi connectivity index (χ0) is 64.2. The van der Waals surface area contributed by atoms with E-state index >= 15 is 0 Å². The van der Waals surface area contributed by atoms with Crippen molar-refractivity contribution in [3.63, 3.8) is 0 Å². The van der Waals surface area contributed by atoms with Gasteiger partial charge in [-0.2, -0.15) is 0 Å². The van der Waals surface area contributed by atoms with Crippen molar-refractivity contribution < 1.29 is 24.5 Å². The van der Waals surface area contributed by atoms with Gasteiger partial charge in [0.05, 0.1) is 25.4 Å². The molecule has 0 fully saturated rings. The smallest absolute Gasteiger partial charge is 0.305 e. The molecule has 0 saturated heterocycles. The van der Waals surface area contributed by atoms with Gasteiger partial charge in [0.25, 0.3) is 0 Å². The molecule has 0 bridgehead atoms. The number of aliphatic hydroxyl groups excluding tert-OH is 2. The standard InChI is InChI=1S/C83H159NO5/c1-3-5-7-9-11-13-15-17-19-21-22-23-24-32-35-38-41-44-47-51-55-59-63-67-71-75-81(86)80(79-85)84-82(87)76-72-68-64-60-56-52-48-45-42-39-36-33-30-28-26-25-27-29-31-34-37-40-43-46-50-54-58-62-66-70-74-78-89-83(88)77-73-69-65-61-57-53-49-20-18-16-14-12-10-8-6-4-2/h14,16,20,49,71,75,80-81,85-86H,3-13,15,17-19,21-48,50-70,72-74,76-79H2,1-2H3,(H,84,87)/b16-14-,49-20-,75-71+. The molecule has 3 N–H and O–H groups in total. The molecule has 526 valence electrons. The zero-order valence-electron chi connectivity index (χ0n) is 60.4. The first-order valence-electron chi connectivity index (χ1n) is 40.8.